The van der Waals surface area contributed by atoms with Gasteiger partial charge >= 0.3 is 0 Å². The van der Waals surface area contributed by atoms with Crippen molar-refractivity contribution < 1.29 is 18.4 Å². The fourth-order valence-electron chi connectivity index (χ4n) is 3.56. The lowest BCUT2D eigenvalue weighted by atomic mass is 10.1. The number of likely N-dealkylation sites (N-methyl/N-ethyl adjacent to an activating group) is 1. The maximum atomic E-state index is 13.2. The molecule has 0 saturated carbocycles. The van der Waals surface area contributed by atoms with Gasteiger partial charge in [0, 0.05) is 23.0 Å². The zero-order valence-corrected chi connectivity index (χ0v) is 18.3. The van der Waals surface area contributed by atoms with E-state index in [9.17, 15) is 4.79 Å². The summed E-state index contributed by atoms with van der Waals surface area (Å²) in [7, 11) is 3.54. The van der Waals surface area contributed by atoms with Crippen molar-refractivity contribution in [1.29, 1.82) is 0 Å². The molecular formula is C22H22BrN3O4. The summed E-state index contributed by atoms with van der Waals surface area (Å²) in [6.07, 6.45) is 3.74. The number of benzene rings is 1. The predicted molar refractivity (Wildman–Crippen MR) is 115 cm³/mol. The number of methoxy groups -OCH3 is 1. The monoisotopic (exact) mass is 471 g/mol. The van der Waals surface area contributed by atoms with Gasteiger partial charge in [0.05, 0.1) is 26.2 Å². The number of hydrazone groups is 1. The Hall–Kier alpha value is -2.84. The maximum Gasteiger partial charge on any atom is 0.257 e. The molecule has 8 heteroatoms. The van der Waals surface area contributed by atoms with Gasteiger partial charge in [-0.1, -0.05) is 15.9 Å². The Morgan fingerprint density at radius 1 is 1.27 bits per heavy atom. The van der Waals surface area contributed by atoms with Crippen molar-refractivity contribution in [3.63, 3.8) is 0 Å². The lowest BCUT2D eigenvalue weighted by Crippen LogP contribution is -2.36. The molecule has 1 aliphatic heterocycles. The zero-order valence-electron chi connectivity index (χ0n) is 16.7. The average molecular weight is 472 g/mol. The quantitative estimate of drug-likeness (QED) is 0.508. The molecule has 0 aliphatic carbocycles. The van der Waals surface area contributed by atoms with Crippen LogP contribution in [-0.2, 0) is 11.3 Å². The van der Waals surface area contributed by atoms with Gasteiger partial charge < -0.3 is 13.6 Å². The second kappa shape index (κ2) is 8.89. The van der Waals surface area contributed by atoms with Crippen LogP contribution < -0.4 is 4.74 Å². The van der Waals surface area contributed by atoms with E-state index in [4.69, 9.17) is 13.6 Å². The minimum Gasteiger partial charge on any atom is -0.496 e. The van der Waals surface area contributed by atoms with E-state index < -0.39 is 0 Å². The molecule has 0 unspecified atom stereocenters. The molecule has 3 aromatic rings. The summed E-state index contributed by atoms with van der Waals surface area (Å²) < 4.78 is 17.5. The smallest absolute Gasteiger partial charge is 0.257 e. The van der Waals surface area contributed by atoms with Gasteiger partial charge in [-0.05, 0) is 49.5 Å². The Bertz CT molecular complexity index is 1030. The average Bonchev–Trinajstić information content (AvgIpc) is 3.48. The second-order valence-corrected chi connectivity index (χ2v) is 8.04. The molecule has 1 atom stereocenters. The summed E-state index contributed by atoms with van der Waals surface area (Å²) in [5.41, 5.74) is 1.72. The van der Waals surface area contributed by atoms with Crippen molar-refractivity contribution in [3.8, 4) is 5.75 Å². The van der Waals surface area contributed by atoms with Crippen molar-refractivity contribution in [2.24, 2.45) is 5.10 Å². The standard InChI is InChI=1S/C22H22BrN3O4/c1-25(13-15-11-16(23)7-8-19(15)28-2)14-22(27)26-18(21-6-4-10-30-21)12-17(24-26)20-5-3-9-29-20/h3-11,18H,12-14H2,1-2H3/t18-/m1/s1. The summed E-state index contributed by atoms with van der Waals surface area (Å²) in [6.45, 7) is 0.754. The van der Waals surface area contributed by atoms with Gasteiger partial charge in [-0.3, -0.25) is 9.69 Å². The lowest BCUT2D eigenvalue weighted by Gasteiger charge is -2.24. The number of nitrogens with zero attached hydrogens (tertiary/aromatic N) is 3. The zero-order chi connectivity index (χ0) is 21.1. The molecule has 156 valence electrons. The van der Waals surface area contributed by atoms with Crippen LogP contribution in [0.3, 0.4) is 0 Å². The van der Waals surface area contributed by atoms with E-state index >= 15 is 0 Å². The highest BCUT2D eigenvalue weighted by Crippen LogP contribution is 2.33. The van der Waals surface area contributed by atoms with Crippen LogP contribution >= 0.6 is 15.9 Å². The number of furan rings is 2. The predicted octanol–water partition coefficient (Wildman–Crippen LogP) is 4.45. The first-order valence-electron chi connectivity index (χ1n) is 9.53. The van der Waals surface area contributed by atoms with Gasteiger partial charge in [-0.2, -0.15) is 5.10 Å². The second-order valence-electron chi connectivity index (χ2n) is 7.13. The first-order chi connectivity index (χ1) is 14.5. The number of halogens is 1. The fourth-order valence-corrected chi connectivity index (χ4v) is 3.96. The Balaban J connectivity index is 1.51. The number of ether oxygens (including phenoxy) is 1. The molecule has 0 saturated heterocycles. The van der Waals surface area contributed by atoms with E-state index in [1.165, 1.54) is 5.01 Å². The summed E-state index contributed by atoms with van der Waals surface area (Å²) in [4.78, 5) is 15.1. The highest BCUT2D eigenvalue weighted by atomic mass is 79.9. The van der Waals surface area contributed by atoms with Gasteiger partial charge in [0.1, 0.15) is 29.0 Å². The number of hydrogen-bond acceptors (Lipinski definition) is 6. The molecule has 4 rings (SSSR count). The number of amides is 1. The minimum absolute atomic E-state index is 0.116. The van der Waals surface area contributed by atoms with Gasteiger partial charge in [0.2, 0.25) is 0 Å². The summed E-state index contributed by atoms with van der Waals surface area (Å²) in [6, 6.07) is 12.9. The molecule has 2 aromatic heterocycles. The molecule has 1 amide bonds. The normalized spacial score (nSPS) is 16.2. The van der Waals surface area contributed by atoms with Crippen LogP contribution in [0.25, 0.3) is 0 Å². The summed E-state index contributed by atoms with van der Waals surface area (Å²) in [5, 5.41) is 6.07. The highest BCUT2D eigenvalue weighted by molar-refractivity contribution is 9.10. The van der Waals surface area contributed by atoms with E-state index in [1.54, 1.807) is 19.6 Å². The van der Waals surface area contributed by atoms with Crippen LogP contribution in [-0.4, -0.2) is 42.2 Å². The molecule has 3 heterocycles. The van der Waals surface area contributed by atoms with Gasteiger partial charge in [-0.15, -0.1) is 0 Å². The largest absolute Gasteiger partial charge is 0.496 e. The van der Waals surface area contributed by atoms with Crippen molar-refractivity contribution in [2.75, 3.05) is 20.7 Å². The Morgan fingerprint density at radius 2 is 2.07 bits per heavy atom. The van der Waals surface area contributed by atoms with Crippen LogP contribution in [0.1, 0.15) is 29.5 Å². The molecule has 7 nitrogen and oxygen atoms in total. The minimum atomic E-state index is -0.290. The molecular weight excluding hydrogens is 450 g/mol. The maximum absolute atomic E-state index is 13.2. The van der Waals surface area contributed by atoms with Crippen LogP contribution in [0.2, 0.25) is 0 Å². The molecule has 0 bridgehead atoms. The van der Waals surface area contributed by atoms with Crippen LogP contribution in [0, 0.1) is 0 Å². The molecule has 0 fully saturated rings. The van der Waals surface area contributed by atoms with Gasteiger partial charge in [-0.25, -0.2) is 5.01 Å². The summed E-state index contributed by atoms with van der Waals surface area (Å²) >= 11 is 3.49. The molecule has 0 N–H and O–H groups in total. The molecule has 0 spiro atoms. The molecule has 0 radical (unpaired) electrons. The number of carbonyl (C=O) groups is 1. The Labute approximate surface area is 183 Å². The highest BCUT2D eigenvalue weighted by Gasteiger charge is 2.35. The van der Waals surface area contributed by atoms with Crippen molar-refractivity contribution in [1.82, 2.24) is 9.91 Å². The molecule has 1 aliphatic rings. The first-order valence-corrected chi connectivity index (χ1v) is 10.3. The van der Waals surface area contributed by atoms with Crippen molar-refractivity contribution in [3.05, 3.63) is 76.5 Å². The fraction of sp³-hybridized carbons (Fsp3) is 0.273. The number of rotatable bonds is 7. The third-order valence-electron chi connectivity index (χ3n) is 4.93. The Kier molecular flexibility index (Phi) is 6.06. The van der Waals surface area contributed by atoms with E-state index in [2.05, 4.69) is 21.0 Å². The number of hydrogen-bond donors (Lipinski definition) is 0. The Morgan fingerprint density at radius 3 is 2.77 bits per heavy atom. The van der Waals surface area contributed by atoms with E-state index in [1.807, 2.05) is 54.4 Å². The van der Waals surface area contributed by atoms with Gasteiger partial charge in [0.25, 0.3) is 5.91 Å². The topological polar surface area (TPSA) is 71.4 Å². The van der Waals surface area contributed by atoms with E-state index in [0.717, 1.165) is 21.5 Å². The SMILES string of the molecule is COc1ccc(Br)cc1CN(C)CC(=O)N1N=C(c2ccco2)C[C@@H]1c1ccco1. The third kappa shape index (κ3) is 4.34. The summed E-state index contributed by atoms with van der Waals surface area (Å²) in [5.74, 6) is 2.03. The third-order valence-corrected chi connectivity index (χ3v) is 5.42. The van der Waals surface area contributed by atoms with Crippen LogP contribution in [0.15, 0.2) is 73.4 Å². The first kappa shape index (κ1) is 20.4. The number of carbonyl (C=O) groups excluding carboxylic acids is 1. The van der Waals surface area contributed by atoms with E-state index in [-0.39, 0.29) is 18.5 Å². The molecule has 1 aromatic carbocycles. The van der Waals surface area contributed by atoms with Crippen LogP contribution in [0.5, 0.6) is 5.75 Å². The lowest BCUT2D eigenvalue weighted by molar-refractivity contribution is -0.134. The van der Waals surface area contributed by atoms with Gasteiger partial charge in [0.15, 0.2) is 0 Å². The van der Waals surface area contributed by atoms with E-state index in [0.29, 0.717) is 24.5 Å². The van der Waals surface area contributed by atoms with Crippen LogP contribution in [0.4, 0.5) is 0 Å². The molecule has 30 heavy (non-hydrogen) atoms. The van der Waals surface area contributed by atoms with Crippen molar-refractivity contribution in [2.45, 2.75) is 19.0 Å². The van der Waals surface area contributed by atoms with Crippen molar-refractivity contribution >= 4 is 27.5 Å².